The van der Waals surface area contributed by atoms with Gasteiger partial charge < -0.3 is 20.2 Å². The van der Waals surface area contributed by atoms with Crippen molar-refractivity contribution in [3.63, 3.8) is 0 Å². The first-order chi connectivity index (χ1) is 8.17. The summed E-state index contributed by atoms with van der Waals surface area (Å²) in [5.41, 5.74) is 1.06. The van der Waals surface area contributed by atoms with Gasteiger partial charge in [-0.2, -0.15) is 0 Å². The Bertz CT molecular complexity index is 342. The average molecular weight is 241 g/mol. The van der Waals surface area contributed by atoms with Crippen molar-refractivity contribution in [2.45, 2.75) is 5.54 Å². The van der Waals surface area contributed by atoms with Crippen molar-refractivity contribution in [1.29, 1.82) is 0 Å². The highest BCUT2D eigenvalue weighted by atomic mass is 16.7. The highest BCUT2D eigenvalue weighted by Crippen LogP contribution is 2.04. The third kappa shape index (κ3) is 3.50. The highest BCUT2D eigenvalue weighted by Gasteiger charge is 2.29. The Morgan fingerprint density at radius 1 is 1.12 bits per heavy atom. The smallest absolute Gasteiger partial charge is 0.356 e. The van der Waals surface area contributed by atoms with E-state index in [1.807, 2.05) is 0 Å². The zero-order valence-corrected chi connectivity index (χ0v) is 9.17. The van der Waals surface area contributed by atoms with E-state index in [4.69, 9.17) is 20.2 Å². The number of carbonyl (C=O) groups is 1. The summed E-state index contributed by atoms with van der Waals surface area (Å²) in [5, 5.41) is 27.0. The topological polar surface area (TPSA) is 99.0 Å². The predicted molar refractivity (Wildman–Crippen MR) is 59.0 cm³/mol. The van der Waals surface area contributed by atoms with Crippen LogP contribution >= 0.6 is 0 Å². The van der Waals surface area contributed by atoms with Crippen molar-refractivity contribution < 1.29 is 25.0 Å². The van der Waals surface area contributed by atoms with Crippen molar-refractivity contribution >= 4 is 5.97 Å². The summed E-state index contributed by atoms with van der Waals surface area (Å²) in [6.07, 6.45) is 0. The molecule has 0 spiro atoms. The fourth-order valence-electron chi connectivity index (χ4n) is 1.03. The van der Waals surface area contributed by atoms with Crippen LogP contribution in [0.1, 0.15) is 10.4 Å². The molecular weight excluding hydrogens is 226 g/mol. The lowest BCUT2D eigenvalue weighted by Crippen LogP contribution is -2.55. The van der Waals surface area contributed by atoms with Crippen LogP contribution in [0.4, 0.5) is 0 Å². The van der Waals surface area contributed by atoms with Crippen molar-refractivity contribution in [1.82, 2.24) is 5.48 Å². The molecule has 0 radical (unpaired) electrons. The number of benzene rings is 1. The Morgan fingerprint density at radius 2 is 1.65 bits per heavy atom. The minimum atomic E-state index is -1.44. The molecule has 0 aliphatic carbocycles. The first kappa shape index (κ1) is 13.6. The molecule has 0 amide bonds. The molecule has 4 N–H and O–H groups in total. The van der Waals surface area contributed by atoms with E-state index < -0.39 is 31.3 Å². The maximum absolute atomic E-state index is 11.5. The van der Waals surface area contributed by atoms with Gasteiger partial charge in [-0.1, -0.05) is 18.2 Å². The maximum atomic E-state index is 11.5. The lowest BCUT2D eigenvalue weighted by Gasteiger charge is -2.27. The number of hydroxylamine groups is 1. The fourth-order valence-corrected chi connectivity index (χ4v) is 1.03. The van der Waals surface area contributed by atoms with Crippen LogP contribution in [0.2, 0.25) is 0 Å². The molecular formula is C11H15NO5. The molecule has 0 atom stereocenters. The van der Waals surface area contributed by atoms with Gasteiger partial charge >= 0.3 is 5.97 Å². The molecule has 17 heavy (non-hydrogen) atoms. The molecule has 0 saturated carbocycles. The van der Waals surface area contributed by atoms with Crippen molar-refractivity contribution in [2.75, 3.05) is 19.8 Å². The Hall–Kier alpha value is -1.47. The van der Waals surface area contributed by atoms with Crippen molar-refractivity contribution in [2.24, 2.45) is 0 Å². The van der Waals surface area contributed by atoms with Gasteiger partial charge in [0.25, 0.3) is 0 Å². The summed E-state index contributed by atoms with van der Waals surface area (Å²) in [4.78, 5) is 16.2. The number of hydrogen-bond acceptors (Lipinski definition) is 6. The molecule has 0 bridgehead atoms. The number of aliphatic hydroxyl groups excluding tert-OH is 3. The van der Waals surface area contributed by atoms with Gasteiger partial charge in [0.2, 0.25) is 0 Å². The summed E-state index contributed by atoms with van der Waals surface area (Å²) < 4.78 is 0. The second-order valence-corrected chi connectivity index (χ2v) is 3.61. The molecule has 6 heteroatoms. The minimum absolute atomic E-state index is 0.322. The summed E-state index contributed by atoms with van der Waals surface area (Å²) in [6, 6.07) is 8.22. The van der Waals surface area contributed by atoms with Gasteiger partial charge in [-0.3, -0.25) is 0 Å². The van der Waals surface area contributed by atoms with Gasteiger partial charge in [-0.05, 0) is 12.1 Å². The standard InChI is InChI=1S/C11H15NO5/c13-6-11(7-14,8-15)12-17-10(16)9-4-2-1-3-5-9/h1-5,12-15H,6-8H2. The van der Waals surface area contributed by atoms with E-state index in [2.05, 4.69) is 5.48 Å². The average Bonchev–Trinajstić information content (AvgIpc) is 2.41. The largest absolute Gasteiger partial charge is 0.394 e. The van der Waals surface area contributed by atoms with E-state index in [1.165, 1.54) is 0 Å². The summed E-state index contributed by atoms with van der Waals surface area (Å²) in [5.74, 6) is -0.662. The van der Waals surface area contributed by atoms with Gasteiger partial charge in [0.1, 0.15) is 5.54 Å². The predicted octanol–water partition coefficient (Wildman–Crippen LogP) is -0.936. The van der Waals surface area contributed by atoms with Gasteiger partial charge in [0.05, 0.1) is 25.4 Å². The number of nitrogens with one attached hydrogen (secondary N) is 1. The van der Waals surface area contributed by atoms with Crippen LogP contribution in [0.15, 0.2) is 30.3 Å². The van der Waals surface area contributed by atoms with E-state index in [1.54, 1.807) is 30.3 Å². The Morgan fingerprint density at radius 3 is 2.12 bits per heavy atom. The molecule has 0 heterocycles. The van der Waals surface area contributed by atoms with Crippen LogP contribution in [0.5, 0.6) is 0 Å². The number of carbonyl (C=O) groups excluding carboxylic acids is 1. The SMILES string of the molecule is O=C(ONC(CO)(CO)CO)c1ccccc1. The molecule has 0 unspecified atom stereocenters. The second kappa shape index (κ2) is 6.31. The number of rotatable bonds is 6. The van der Waals surface area contributed by atoms with Crippen LogP contribution in [-0.4, -0.2) is 46.6 Å². The molecule has 0 fully saturated rings. The van der Waals surface area contributed by atoms with Gasteiger partial charge in [0, 0.05) is 0 Å². The summed E-state index contributed by atoms with van der Waals surface area (Å²) in [6.45, 7) is -1.70. The van der Waals surface area contributed by atoms with E-state index in [-0.39, 0.29) is 0 Å². The van der Waals surface area contributed by atoms with Crippen LogP contribution in [0.3, 0.4) is 0 Å². The normalized spacial score (nSPS) is 11.2. The molecule has 0 aromatic heterocycles. The lowest BCUT2D eigenvalue weighted by atomic mass is 10.1. The lowest BCUT2D eigenvalue weighted by molar-refractivity contribution is -0.0582. The van der Waals surface area contributed by atoms with Crippen LogP contribution < -0.4 is 5.48 Å². The summed E-state index contributed by atoms with van der Waals surface area (Å²) in [7, 11) is 0. The maximum Gasteiger partial charge on any atom is 0.356 e. The highest BCUT2D eigenvalue weighted by molar-refractivity contribution is 5.89. The number of hydrogen-bond donors (Lipinski definition) is 4. The first-order valence-electron chi connectivity index (χ1n) is 5.03. The zero-order chi connectivity index (χ0) is 12.7. The number of aliphatic hydroxyl groups is 3. The molecule has 94 valence electrons. The van der Waals surface area contributed by atoms with Gasteiger partial charge in [-0.15, -0.1) is 5.48 Å². The quantitative estimate of drug-likeness (QED) is 0.480. The Balaban J connectivity index is 2.59. The van der Waals surface area contributed by atoms with E-state index >= 15 is 0 Å². The van der Waals surface area contributed by atoms with Crippen LogP contribution in [-0.2, 0) is 4.84 Å². The Labute approximate surface area is 98.4 Å². The molecule has 0 aliphatic heterocycles. The zero-order valence-electron chi connectivity index (χ0n) is 9.17. The summed E-state index contributed by atoms with van der Waals surface area (Å²) >= 11 is 0. The van der Waals surface area contributed by atoms with Crippen LogP contribution in [0.25, 0.3) is 0 Å². The molecule has 0 aliphatic rings. The van der Waals surface area contributed by atoms with E-state index in [9.17, 15) is 4.79 Å². The third-order valence-corrected chi connectivity index (χ3v) is 2.28. The van der Waals surface area contributed by atoms with Gasteiger partial charge in [-0.25, -0.2) is 4.79 Å². The fraction of sp³-hybridized carbons (Fsp3) is 0.364. The van der Waals surface area contributed by atoms with E-state index in [0.29, 0.717) is 5.56 Å². The molecule has 0 saturated heterocycles. The second-order valence-electron chi connectivity index (χ2n) is 3.61. The first-order valence-corrected chi connectivity index (χ1v) is 5.03. The monoisotopic (exact) mass is 241 g/mol. The van der Waals surface area contributed by atoms with Gasteiger partial charge in [0.15, 0.2) is 0 Å². The molecule has 1 aromatic carbocycles. The third-order valence-electron chi connectivity index (χ3n) is 2.28. The molecule has 1 rings (SSSR count). The molecule has 6 nitrogen and oxygen atoms in total. The molecule has 1 aromatic rings. The van der Waals surface area contributed by atoms with E-state index in [0.717, 1.165) is 0 Å². The van der Waals surface area contributed by atoms with Crippen LogP contribution in [0, 0.1) is 0 Å². The Kier molecular flexibility index (Phi) is 5.05. The minimum Gasteiger partial charge on any atom is -0.394 e. The van der Waals surface area contributed by atoms with Crippen molar-refractivity contribution in [3.05, 3.63) is 35.9 Å². The van der Waals surface area contributed by atoms with Crippen molar-refractivity contribution in [3.8, 4) is 0 Å².